The molecule has 0 aliphatic heterocycles. The number of alkyl halides is 3. The summed E-state index contributed by atoms with van der Waals surface area (Å²) in [6.07, 6.45) is -3.14. The molecule has 2 aromatic heterocycles. The minimum Gasteiger partial charge on any atom is -0.261 e. The van der Waals surface area contributed by atoms with Crippen LogP contribution in [0.5, 0.6) is 0 Å². The van der Waals surface area contributed by atoms with Gasteiger partial charge in [0, 0.05) is 6.20 Å². The van der Waals surface area contributed by atoms with Crippen LogP contribution in [0, 0.1) is 6.92 Å². The van der Waals surface area contributed by atoms with Crippen LogP contribution in [-0.4, -0.2) is 25.9 Å². The van der Waals surface area contributed by atoms with E-state index in [-0.39, 0.29) is 10.8 Å². The zero-order valence-corrected chi connectivity index (χ0v) is 8.84. The van der Waals surface area contributed by atoms with Gasteiger partial charge in [-0.15, -0.1) is 0 Å². The number of aryl methyl sites for hydroxylation is 1. The van der Waals surface area contributed by atoms with E-state index in [4.69, 9.17) is 11.6 Å². The summed E-state index contributed by atoms with van der Waals surface area (Å²) in [5.74, 6) is 0.370. The van der Waals surface area contributed by atoms with Gasteiger partial charge in [-0.1, -0.05) is 11.6 Å². The maximum atomic E-state index is 12.1. The molecule has 2 heterocycles. The molecule has 0 unspecified atom stereocenters. The summed E-state index contributed by atoms with van der Waals surface area (Å²) in [6, 6.07) is 0. The van der Waals surface area contributed by atoms with Gasteiger partial charge in [0.05, 0.1) is 5.39 Å². The third-order valence-corrected chi connectivity index (χ3v) is 2.12. The maximum absolute atomic E-state index is 12.1. The van der Waals surface area contributed by atoms with Gasteiger partial charge in [0.15, 0.2) is 5.65 Å². The third-order valence-electron chi connectivity index (χ3n) is 1.83. The van der Waals surface area contributed by atoms with E-state index in [0.717, 1.165) is 4.68 Å². The lowest BCUT2D eigenvalue weighted by Gasteiger charge is -2.04. The predicted molar refractivity (Wildman–Crippen MR) is 51.1 cm³/mol. The molecule has 0 aromatic carbocycles. The van der Waals surface area contributed by atoms with Crippen LogP contribution in [0.2, 0.25) is 5.15 Å². The van der Waals surface area contributed by atoms with Gasteiger partial charge in [-0.3, -0.25) is 4.68 Å². The summed E-state index contributed by atoms with van der Waals surface area (Å²) in [6.45, 7) is 0.423. The largest absolute Gasteiger partial charge is 0.408 e. The van der Waals surface area contributed by atoms with E-state index in [9.17, 15) is 13.2 Å². The van der Waals surface area contributed by atoms with Crippen molar-refractivity contribution in [2.24, 2.45) is 0 Å². The van der Waals surface area contributed by atoms with Gasteiger partial charge < -0.3 is 0 Å². The molecule has 0 N–H and O–H groups in total. The van der Waals surface area contributed by atoms with E-state index in [0.29, 0.717) is 11.2 Å². The quantitative estimate of drug-likeness (QED) is 0.730. The molecule has 86 valence electrons. The predicted octanol–water partition coefficient (Wildman–Crippen LogP) is 2.35. The highest BCUT2D eigenvalue weighted by Crippen LogP contribution is 2.22. The Morgan fingerprint density at radius 1 is 1.38 bits per heavy atom. The fourth-order valence-electron chi connectivity index (χ4n) is 1.28. The molecule has 0 saturated heterocycles. The van der Waals surface area contributed by atoms with Crippen LogP contribution in [0.15, 0.2) is 6.20 Å². The summed E-state index contributed by atoms with van der Waals surface area (Å²) in [5.41, 5.74) is 0.168. The van der Waals surface area contributed by atoms with E-state index >= 15 is 0 Å². The average molecular weight is 251 g/mol. The number of halogens is 4. The number of nitrogens with zero attached hydrogens (tertiary/aromatic N) is 4. The highest BCUT2D eigenvalue weighted by molar-refractivity contribution is 6.33. The summed E-state index contributed by atoms with van der Waals surface area (Å²) >= 11 is 5.76. The summed E-state index contributed by atoms with van der Waals surface area (Å²) < 4.78 is 37.1. The lowest BCUT2D eigenvalue weighted by molar-refractivity contribution is -0.142. The maximum Gasteiger partial charge on any atom is 0.408 e. The van der Waals surface area contributed by atoms with Crippen molar-refractivity contribution in [3.8, 4) is 0 Å². The molecule has 0 fully saturated rings. The Hall–Kier alpha value is -1.37. The highest BCUT2D eigenvalue weighted by atomic mass is 35.5. The van der Waals surface area contributed by atoms with Crippen molar-refractivity contribution in [1.82, 2.24) is 19.7 Å². The van der Waals surface area contributed by atoms with E-state index in [1.165, 1.54) is 6.20 Å². The molecule has 0 bridgehead atoms. The molecule has 0 radical (unpaired) electrons. The van der Waals surface area contributed by atoms with Crippen LogP contribution in [0.1, 0.15) is 5.82 Å². The Bertz CT molecular complexity index is 534. The average Bonchev–Trinajstić information content (AvgIpc) is 2.43. The van der Waals surface area contributed by atoms with Gasteiger partial charge in [0.1, 0.15) is 17.5 Å². The van der Waals surface area contributed by atoms with Crippen LogP contribution in [0.3, 0.4) is 0 Å². The number of hydrogen-bond donors (Lipinski definition) is 0. The second-order valence-corrected chi connectivity index (χ2v) is 3.60. The monoisotopic (exact) mass is 250 g/mol. The van der Waals surface area contributed by atoms with Crippen LogP contribution in [0.25, 0.3) is 11.0 Å². The van der Waals surface area contributed by atoms with Gasteiger partial charge in [0.2, 0.25) is 0 Å². The molecule has 0 amide bonds. The van der Waals surface area contributed by atoms with Crippen molar-refractivity contribution in [2.45, 2.75) is 19.6 Å². The van der Waals surface area contributed by atoms with Gasteiger partial charge in [-0.05, 0) is 6.92 Å². The molecule has 2 aromatic rings. The van der Waals surface area contributed by atoms with Gasteiger partial charge >= 0.3 is 6.18 Å². The van der Waals surface area contributed by atoms with Crippen molar-refractivity contribution < 1.29 is 13.2 Å². The lowest BCUT2D eigenvalue weighted by atomic mass is 10.4. The first-order valence-corrected chi connectivity index (χ1v) is 4.67. The second kappa shape index (κ2) is 3.58. The topological polar surface area (TPSA) is 43.6 Å². The number of aromatic nitrogens is 4. The van der Waals surface area contributed by atoms with E-state index in [1.54, 1.807) is 6.92 Å². The molecule has 0 atom stereocenters. The van der Waals surface area contributed by atoms with Crippen molar-refractivity contribution in [2.75, 3.05) is 0 Å². The number of fused-ring (bicyclic) bond motifs is 1. The first kappa shape index (κ1) is 11.1. The van der Waals surface area contributed by atoms with Crippen molar-refractivity contribution in [3.63, 3.8) is 0 Å². The van der Waals surface area contributed by atoms with Gasteiger partial charge in [-0.25, -0.2) is 9.97 Å². The lowest BCUT2D eigenvalue weighted by Crippen LogP contribution is -2.17. The summed E-state index contributed by atoms with van der Waals surface area (Å²) in [7, 11) is 0. The minimum absolute atomic E-state index is 0.107. The normalized spacial score (nSPS) is 12.3. The van der Waals surface area contributed by atoms with Crippen molar-refractivity contribution >= 4 is 22.6 Å². The third kappa shape index (κ3) is 2.24. The zero-order chi connectivity index (χ0) is 11.9. The molecule has 16 heavy (non-hydrogen) atoms. The fourth-order valence-corrected chi connectivity index (χ4v) is 1.54. The zero-order valence-electron chi connectivity index (χ0n) is 8.09. The molecule has 2 rings (SSSR count). The molecule has 4 nitrogen and oxygen atoms in total. The van der Waals surface area contributed by atoms with Crippen LogP contribution < -0.4 is 0 Å². The first-order valence-electron chi connectivity index (χ1n) is 4.29. The van der Waals surface area contributed by atoms with E-state index in [1.807, 2.05) is 0 Å². The molecule has 0 aliphatic rings. The number of rotatable bonds is 1. The molecule has 0 aliphatic carbocycles. The highest BCUT2D eigenvalue weighted by Gasteiger charge is 2.28. The first-order chi connectivity index (χ1) is 7.35. The smallest absolute Gasteiger partial charge is 0.261 e. The van der Waals surface area contributed by atoms with Crippen LogP contribution in [0.4, 0.5) is 13.2 Å². The Morgan fingerprint density at radius 3 is 2.69 bits per heavy atom. The SMILES string of the molecule is Cc1nc(Cl)c2cn(CC(F)(F)F)nc2n1. The Balaban J connectivity index is 2.48. The minimum atomic E-state index is -4.32. The fraction of sp³-hybridized carbons (Fsp3) is 0.375. The van der Waals surface area contributed by atoms with Crippen molar-refractivity contribution in [3.05, 3.63) is 17.2 Å². The Kier molecular flexibility index (Phi) is 2.49. The summed E-state index contributed by atoms with van der Waals surface area (Å²) in [5, 5.41) is 4.10. The van der Waals surface area contributed by atoms with Crippen LogP contribution >= 0.6 is 11.6 Å². The Labute approximate surface area is 93.1 Å². The van der Waals surface area contributed by atoms with E-state index < -0.39 is 12.7 Å². The molecule has 0 spiro atoms. The molecular formula is C8H6ClF3N4. The van der Waals surface area contributed by atoms with Gasteiger partial charge in [-0.2, -0.15) is 18.3 Å². The molecular weight excluding hydrogens is 245 g/mol. The van der Waals surface area contributed by atoms with E-state index in [2.05, 4.69) is 15.1 Å². The molecule has 8 heteroatoms. The second-order valence-electron chi connectivity index (χ2n) is 3.24. The van der Waals surface area contributed by atoms with Crippen LogP contribution in [-0.2, 0) is 6.54 Å². The standard InChI is InChI=1S/C8H6ClF3N4/c1-4-13-6(9)5-2-16(3-8(10,11)12)15-7(5)14-4/h2H,3H2,1H3. The Morgan fingerprint density at radius 2 is 2.06 bits per heavy atom. The summed E-state index contributed by atoms with van der Waals surface area (Å²) in [4.78, 5) is 7.72. The number of hydrogen-bond acceptors (Lipinski definition) is 3. The van der Waals surface area contributed by atoms with Gasteiger partial charge in [0.25, 0.3) is 0 Å². The molecule has 0 saturated carbocycles. The van der Waals surface area contributed by atoms with Crippen molar-refractivity contribution in [1.29, 1.82) is 0 Å².